The molecule has 3 rings (SSSR count). The Balaban J connectivity index is 0.00000110. The second-order valence-corrected chi connectivity index (χ2v) is 5.59. The lowest BCUT2D eigenvalue weighted by Gasteiger charge is -2.43. The van der Waals surface area contributed by atoms with Crippen molar-refractivity contribution in [3.05, 3.63) is 35.4 Å². The molecule has 2 fully saturated rings. The Hall–Kier alpha value is -0.420. The Morgan fingerprint density at radius 1 is 1.10 bits per heavy atom. The molecule has 1 aromatic rings. The Bertz CT molecular complexity index is 449. The average Bonchev–Trinajstić information content (AvgIpc) is 2.38. The first kappa shape index (κ1) is 18.6. The SMILES string of the molecule is Cl.Cl.Fc1ccc(F)c([C@@H](C2CCC2)N2CCNCC2)c1. The Kier molecular flexibility index (Phi) is 7.34. The monoisotopic (exact) mass is 338 g/mol. The fourth-order valence-corrected chi connectivity index (χ4v) is 3.21. The van der Waals surface area contributed by atoms with Gasteiger partial charge in [-0.05, 0) is 37.0 Å². The number of rotatable bonds is 3. The minimum absolute atomic E-state index is 0. The zero-order chi connectivity index (χ0) is 13.2. The lowest BCUT2D eigenvalue weighted by molar-refractivity contribution is 0.0809. The second kappa shape index (κ2) is 8.28. The third-order valence-electron chi connectivity index (χ3n) is 4.42. The molecule has 1 N–H and O–H groups in total. The molecule has 0 radical (unpaired) electrons. The van der Waals surface area contributed by atoms with E-state index in [0.29, 0.717) is 11.5 Å². The number of halogens is 4. The molecule has 1 saturated heterocycles. The van der Waals surface area contributed by atoms with Crippen molar-refractivity contribution in [2.75, 3.05) is 26.2 Å². The van der Waals surface area contributed by atoms with E-state index in [4.69, 9.17) is 0 Å². The summed E-state index contributed by atoms with van der Waals surface area (Å²) < 4.78 is 27.5. The first-order valence-electron chi connectivity index (χ1n) is 7.15. The van der Waals surface area contributed by atoms with Crippen LogP contribution in [-0.4, -0.2) is 31.1 Å². The third-order valence-corrected chi connectivity index (χ3v) is 4.42. The number of benzene rings is 1. The normalized spacial score (nSPS) is 20.9. The van der Waals surface area contributed by atoms with Gasteiger partial charge in [0.15, 0.2) is 0 Å². The largest absolute Gasteiger partial charge is 0.314 e. The highest BCUT2D eigenvalue weighted by atomic mass is 35.5. The van der Waals surface area contributed by atoms with Crippen LogP contribution >= 0.6 is 24.8 Å². The van der Waals surface area contributed by atoms with Gasteiger partial charge in [-0.3, -0.25) is 4.90 Å². The van der Waals surface area contributed by atoms with Crippen molar-refractivity contribution in [2.24, 2.45) is 5.92 Å². The van der Waals surface area contributed by atoms with E-state index >= 15 is 0 Å². The molecule has 0 bridgehead atoms. The molecule has 1 atom stereocenters. The van der Waals surface area contributed by atoms with Crippen LogP contribution < -0.4 is 5.32 Å². The van der Waals surface area contributed by atoms with E-state index in [1.54, 1.807) is 0 Å². The minimum atomic E-state index is -0.337. The maximum Gasteiger partial charge on any atom is 0.128 e. The van der Waals surface area contributed by atoms with Gasteiger partial charge in [0.05, 0.1) is 0 Å². The van der Waals surface area contributed by atoms with Crippen molar-refractivity contribution in [1.82, 2.24) is 10.2 Å². The molecule has 0 spiro atoms. The smallest absolute Gasteiger partial charge is 0.128 e. The maximum absolute atomic E-state index is 14.1. The van der Waals surface area contributed by atoms with Crippen molar-refractivity contribution in [3.8, 4) is 0 Å². The van der Waals surface area contributed by atoms with Gasteiger partial charge >= 0.3 is 0 Å². The van der Waals surface area contributed by atoms with E-state index in [2.05, 4.69) is 10.2 Å². The summed E-state index contributed by atoms with van der Waals surface area (Å²) in [6.45, 7) is 3.69. The molecule has 1 aliphatic heterocycles. The van der Waals surface area contributed by atoms with Crippen molar-refractivity contribution in [3.63, 3.8) is 0 Å². The van der Waals surface area contributed by atoms with E-state index in [1.807, 2.05) is 0 Å². The third kappa shape index (κ3) is 4.07. The van der Waals surface area contributed by atoms with Crippen LogP contribution in [0.3, 0.4) is 0 Å². The summed E-state index contributed by atoms with van der Waals surface area (Å²) >= 11 is 0. The summed E-state index contributed by atoms with van der Waals surface area (Å²) in [5.41, 5.74) is 0.548. The molecule has 1 heterocycles. The summed E-state index contributed by atoms with van der Waals surface area (Å²) in [7, 11) is 0. The molecule has 6 heteroatoms. The van der Waals surface area contributed by atoms with Crippen LogP contribution in [0.5, 0.6) is 0 Å². The van der Waals surface area contributed by atoms with E-state index in [0.717, 1.165) is 39.0 Å². The molecular formula is C15H22Cl2F2N2. The molecule has 21 heavy (non-hydrogen) atoms. The fraction of sp³-hybridized carbons (Fsp3) is 0.600. The number of hydrogen-bond acceptors (Lipinski definition) is 2. The Labute approximate surface area is 137 Å². The van der Waals surface area contributed by atoms with E-state index in [9.17, 15) is 8.78 Å². The molecular weight excluding hydrogens is 317 g/mol. The lowest BCUT2D eigenvalue weighted by atomic mass is 9.76. The van der Waals surface area contributed by atoms with Crippen molar-refractivity contribution < 1.29 is 8.78 Å². The molecule has 0 unspecified atom stereocenters. The summed E-state index contributed by atoms with van der Waals surface area (Å²) in [5, 5.41) is 3.31. The van der Waals surface area contributed by atoms with Crippen LogP contribution in [0.15, 0.2) is 18.2 Å². The summed E-state index contributed by atoms with van der Waals surface area (Å²) in [6.07, 6.45) is 3.47. The van der Waals surface area contributed by atoms with Crippen molar-refractivity contribution in [1.29, 1.82) is 0 Å². The molecule has 0 aromatic heterocycles. The number of nitrogens with zero attached hydrogens (tertiary/aromatic N) is 1. The first-order valence-corrected chi connectivity index (χ1v) is 7.15. The van der Waals surface area contributed by atoms with Gasteiger partial charge in [0.1, 0.15) is 11.6 Å². The van der Waals surface area contributed by atoms with Crippen LogP contribution in [0, 0.1) is 17.6 Å². The quantitative estimate of drug-likeness (QED) is 0.906. The van der Waals surface area contributed by atoms with Crippen LogP contribution in [-0.2, 0) is 0 Å². The van der Waals surface area contributed by atoms with Crippen LogP contribution in [0.1, 0.15) is 30.9 Å². The zero-order valence-corrected chi connectivity index (χ0v) is 13.5. The molecule has 120 valence electrons. The summed E-state index contributed by atoms with van der Waals surface area (Å²) in [5.74, 6) is -0.123. The molecule has 1 saturated carbocycles. The predicted octanol–water partition coefficient (Wildman–Crippen LogP) is 3.55. The van der Waals surface area contributed by atoms with E-state index < -0.39 is 0 Å². The van der Waals surface area contributed by atoms with Gasteiger partial charge in [0, 0.05) is 37.8 Å². The second-order valence-electron chi connectivity index (χ2n) is 5.59. The van der Waals surface area contributed by atoms with Gasteiger partial charge in [-0.15, -0.1) is 24.8 Å². The van der Waals surface area contributed by atoms with Crippen LogP contribution in [0.4, 0.5) is 8.78 Å². The Morgan fingerprint density at radius 3 is 2.33 bits per heavy atom. The molecule has 2 aliphatic rings. The van der Waals surface area contributed by atoms with E-state index in [1.165, 1.54) is 24.6 Å². The van der Waals surface area contributed by atoms with Gasteiger partial charge in [0.25, 0.3) is 0 Å². The van der Waals surface area contributed by atoms with Crippen LogP contribution in [0.25, 0.3) is 0 Å². The van der Waals surface area contributed by atoms with Gasteiger partial charge in [0.2, 0.25) is 0 Å². The molecule has 1 aliphatic carbocycles. The predicted molar refractivity (Wildman–Crippen MR) is 85.4 cm³/mol. The van der Waals surface area contributed by atoms with Gasteiger partial charge < -0.3 is 5.32 Å². The minimum Gasteiger partial charge on any atom is -0.314 e. The van der Waals surface area contributed by atoms with E-state index in [-0.39, 0.29) is 42.5 Å². The molecule has 0 amide bonds. The molecule has 2 nitrogen and oxygen atoms in total. The highest BCUT2D eigenvalue weighted by Crippen LogP contribution is 2.42. The number of nitrogens with one attached hydrogen (secondary N) is 1. The van der Waals surface area contributed by atoms with Crippen LogP contribution in [0.2, 0.25) is 0 Å². The number of piperazine rings is 1. The summed E-state index contributed by atoms with van der Waals surface area (Å²) in [4.78, 5) is 2.32. The summed E-state index contributed by atoms with van der Waals surface area (Å²) in [6, 6.07) is 3.90. The highest BCUT2D eigenvalue weighted by Gasteiger charge is 2.35. The average molecular weight is 339 g/mol. The highest BCUT2D eigenvalue weighted by molar-refractivity contribution is 5.85. The lowest BCUT2D eigenvalue weighted by Crippen LogP contribution is -2.48. The first-order chi connectivity index (χ1) is 9.25. The van der Waals surface area contributed by atoms with Gasteiger partial charge in [-0.2, -0.15) is 0 Å². The Morgan fingerprint density at radius 2 is 1.76 bits per heavy atom. The fourth-order valence-electron chi connectivity index (χ4n) is 3.21. The zero-order valence-electron chi connectivity index (χ0n) is 11.9. The standard InChI is InChI=1S/C15H20F2N2.2ClH/c16-12-4-5-14(17)13(10-12)15(11-2-1-3-11)19-8-6-18-7-9-19;;/h4-5,10-11,15,18H,1-3,6-9H2;2*1H/t15-;;/m1../s1. The topological polar surface area (TPSA) is 15.3 Å². The van der Waals surface area contributed by atoms with Gasteiger partial charge in [-0.1, -0.05) is 6.42 Å². The maximum atomic E-state index is 14.1. The molecule has 1 aromatic carbocycles. The number of hydrogen-bond donors (Lipinski definition) is 1. The van der Waals surface area contributed by atoms with Crippen molar-refractivity contribution >= 4 is 24.8 Å². The van der Waals surface area contributed by atoms with Gasteiger partial charge in [-0.25, -0.2) is 8.78 Å². The van der Waals surface area contributed by atoms with Crippen molar-refractivity contribution in [2.45, 2.75) is 25.3 Å².